The van der Waals surface area contributed by atoms with Crippen LogP contribution in [0.4, 0.5) is 11.4 Å². The van der Waals surface area contributed by atoms with E-state index in [0.29, 0.717) is 18.7 Å². The van der Waals surface area contributed by atoms with Crippen LogP contribution in [0, 0.1) is 0 Å². The third-order valence-electron chi connectivity index (χ3n) is 4.89. The Labute approximate surface area is 174 Å². The number of benzene rings is 2. The number of sulfonamides is 1. The first-order valence-corrected chi connectivity index (χ1v) is 11.2. The van der Waals surface area contributed by atoms with Crippen molar-refractivity contribution in [1.29, 1.82) is 0 Å². The summed E-state index contributed by atoms with van der Waals surface area (Å²) in [7, 11) is -3.78. The van der Waals surface area contributed by atoms with Crippen LogP contribution in [0.15, 0.2) is 47.4 Å². The minimum Gasteiger partial charge on any atom is -0.322 e. The van der Waals surface area contributed by atoms with Crippen LogP contribution >= 0.6 is 11.6 Å². The first kappa shape index (κ1) is 19.9. The van der Waals surface area contributed by atoms with Crippen molar-refractivity contribution in [3.8, 4) is 0 Å². The summed E-state index contributed by atoms with van der Waals surface area (Å²) < 4.78 is 27.5. The van der Waals surface area contributed by atoms with Crippen molar-refractivity contribution in [3.05, 3.63) is 53.1 Å². The normalized spacial score (nSPS) is 16.9. The van der Waals surface area contributed by atoms with Gasteiger partial charge in [-0.15, -0.1) is 0 Å². The molecule has 4 rings (SSSR count). The van der Waals surface area contributed by atoms with Crippen molar-refractivity contribution < 1.29 is 18.0 Å². The van der Waals surface area contributed by atoms with Crippen LogP contribution in [-0.4, -0.2) is 32.8 Å². The van der Waals surface area contributed by atoms with E-state index in [1.165, 1.54) is 18.2 Å². The van der Waals surface area contributed by atoms with Crippen molar-refractivity contribution in [1.82, 2.24) is 4.72 Å². The molecule has 2 aliphatic rings. The van der Waals surface area contributed by atoms with E-state index in [0.717, 1.165) is 24.9 Å². The van der Waals surface area contributed by atoms with Crippen LogP contribution in [0.5, 0.6) is 0 Å². The lowest BCUT2D eigenvalue weighted by Gasteiger charge is -2.16. The lowest BCUT2D eigenvalue weighted by atomic mass is 10.2. The Morgan fingerprint density at radius 1 is 1.10 bits per heavy atom. The van der Waals surface area contributed by atoms with Crippen molar-refractivity contribution in [2.75, 3.05) is 16.8 Å². The predicted octanol–water partition coefficient (Wildman–Crippen LogP) is 3.16. The van der Waals surface area contributed by atoms with E-state index in [1.807, 2.05) is 0 Å². The highest BCUT2D eigenvalue weighted by atomic mass is 35.5. The molecule has 0 aromatic heterocycles. The largest absolute Gasteiger partial charge is 0.322 e. The SMILES string of the molecule is O=C(Nc1ccc(N2CCCC2=O)cc1)c1ccc(Cl)c(S(=O)(=O)NC2CC2)c1. The van der Waals surface area contributed by atoms with Gasteiger partial charge in [-0.3, -0.25) is 9.59 Å². The molecule has 152 valence electrons. The zero-order chi connectivity index (χ0) is 20.6. The highest BCUT2D eigenvalue weighted by molar-refractivity contribution is 7.89. The highest BCUT2D eigenvalue weighted by Crippen LogP contribution is 2.27. The second-order valence-electron chi connectivity index (χ2n) is 7.19. The third kappa shape index (κ3) is 4.44. The van der Waals surface area contributed by atoms with Gasteiger partial charge in [-0.2, -0.15) is 0 Å². The van der Waals surface area contributed by atoms with E-state index in [-0.39, 0.29) is 27.4 Å². The lowest BCUT2D eigenvalue weighted by Crippen LogP contribution is -2.26. The van der Waals surface area contributed by atoms with Gasteiger partial charge in [0.15, 0.2) is 0 Å². The fourth-order valence-corrected chi connectivity index (χ4v) is 5.01. The number of rotatable bonds is 6. The summed E-state index contributed by atoms with van der Waals surface area (Å²) >= 11 is 6.06. The summed E-state index contributed by atoms with van der Waals surface area (Å²) in [5, 5.41) is 2.80. The Kier molecular flexibility index (Phi) is 5.33. The van der Waals surface area contributed by atoms with Crippen molar-refractivity contribution in [3.63, 3.8) is 0 Å². The van der Waals surface area contributed by atoms with E-state index >= 15 is 0 Å². The third-order valence-corrected chi connectivity index (χ3v) is 6.89. The first-order valence-electron chi connectivity index (χ1n) is 9.37. The van der Waals surface area contributed by atoms with Crippen molar-refractivity contribution in [2.45, 2.75) is 36.6 Å². The molecule has 7 nitrogen and oxygen atoms in total. The maximum absolute atomic E-state index is 12.6. The fourth-order valence-electron chi connectivity index (χ4n) is 3.18. The molecular formula is C20H20ClN3O4S. The summed E-state index contributed by atoms with van der Waals surface area (Å²) in [6.07, 6.45) is 3.00. The molecule has 0 bridgehead atoms. The minimum atomic E-state index is -3.78. The van der Waals surface area contributed by atoms with E-state index < -0.39 is 15.9 Å². The topological polar surface area (TPSA) is 95.6 Å². The van der Waals surface area contributed by atoms with Crippen LogP contribution in [0.25, 0.3) is 0 Å². The fraction of sp³-hybridized carbons (Fsp3) is 0.300. The average molecular weight is 434 g/mol. The molecule has 1 aliphatic carbocycles. The standard InChI is InChI=1S/C20H20ClN3O4S/c21-17-10-3-13(12-18(17)29(27,28)23-15-4-5-15)20(26)22-14-6-8-16(9-7-14)24-11-1-2-19(24)25/h3,6-10,12,15,23H,1-2,4-5,11H2,(H,22,26). The molecule has 2 amide bonds. The molecule has 2 aromatic carbocycles. The van der Waals surface area contributed by atoms with Gasteiger partial charge in [-0.25, -0.2) is 13.1 Å². The molecule has 1 saturated carbocycles. The Morgan fingerprint density at radius 2 is 1.83 bits per heavy atom. The molecule has 2 N–H and O–H groups in total. The molecule has 1 aliphatic heterocycles. The first-order chi connectivity index (χ1) is 13.8. The smallest absolute Gasteiger partial charge is 0.255 e. The van der Waals surface area contributed by atoms with Crippen LogP contribution < -0.4 is 14.9 Å². The number of hydrogen-bond acceptors (Lipinski definition) is 4. The zero-order valence-electron chi connectivity index (χ0n) is 15.5. The number of nitrogens with zero attached hydrogens (tertiary/aromatic N) is 1. The number of carbonyl (C=O) groups is 2. The molecule has 1 heterocycles. The second kappa shape index (κ2) is 7.78. The molecule has 0 unspecified atom stereocenters. The minimum absolute atomic E-state index is 0.0606. The van der Waals surface area contributed by atoms with Gasteiger partial charge in [-0.05, 0) is 61.7 Å². The summed E-state index contributed by atoms with van der Waals surface area (Å²) in [5.74, 6) is -0.356. The number of amides is 2. The van der Waals surface area contributed by atoms with Gasteiger partial charge < -0.3 is 10.2 Å². The zero-order valence-corrected chi connectivity index (χ0v) is 17.1. The predicted molar refractivity (Wildman–Crippen MR) is 111 cm³/mol. The lowest BCUT2D eigenvalue weighted by molar-refractivity contribution is -0.117. The molecule has 2 fully saturated rings. The maximum Gasteiger partial charge on any atom is 0.255 e. The number of hydrogen-bond donors (Lipinski definition) is 2. The summed E-state index contributed by atoms with van der Waals surface area (Å²) in [5.41, 5.74) is 1.52. The number of halogens is 1. The molecule has 0 spiro atoms. The Balaban J connectivity index is 1.49. The Hall–Kier alpha value is -2.42. The number of nitrogens with one attached hydrogen (secondary N) is 2. The van der Waals surface area contributed by atoms with Crippen LogP contribution in [0.2, 0.25) is 5.02 Å². The van der Waals surface area contributed by atoms with E-state index in [4.69, 9.17) is 11.6 Å². The van der Waals surface area contributed by atoms with E-state index in [2.05, 4.69) is 10.0 Å². The van der Waals surface area contributed by atoms with Crippen LogP contribution in [0.3, 0.4) is 0 Å². The molecule has 1 saturated heterocycles. The number of carbonyl (C=O) groups excluding carboxylic acids is 2. The van der Waals surface area contributed by atoms with Gasteiger partial charge in [0.25, 0.3) is 5.91 Å². The molecular weight excluding hydrogens is 414 g/mol. The second-order valence-corrected chi connectivity index (χ2v) is 9.28. The molecule has 0 radical (unpaired) electrons. The maximum atomic E-state index is 12.6. The van der Waals surface area contributed by atoms with Crippen molar-refractivity contribution in [2.24, 2.45) is 0 Å². The summed E-state index contributed by atoms with van der Waals surface area (Å²) in [6, 6.07) is 11.1. The molecule has 0 atom stereocenters. The van der Waals surface area contributed by atoms with Crippen molar-refractivity contribution >= 4 is 44.8 Å². The van der Waals surface area contributed by atoms with Crippen LogP contribution in [-0.2, 0) is 14.8 Å². The van der Waals surface area contributed by atoms with E-state index in [9.17, 15) is 18.0 Å². The summed E-state index contributed by atoms with van der Waals surface area (Å²) in [4.78, 5) is 26.0. The van der Waals surface area contributed by atoms with E-state index in [1.54, 1.807) is 29.2 Å². The molecule has 29 heavy (non-hydrogen) atoms. The highest BCUT2D eigenvalue weighted by Gasteiger charge is 2.29. The molecule has 9 heteroatoms. The Bertz CT molecular complexity index is 1070. The van der Waals surface area contributed by atoms with Gasteiger partial charge in [0.2, 0.25) is 15.9 Å². The quantitative estimate of drug-likeness (QED) is 0.731. The Morgan fingerprint density at radius 3 is 2.45 bits per heavy atom. The van der Waals surface area contributed by atoms with Gasteiger partial charge in [0, 0.05) is 35.9 Å². The number of anilines is 2. The van der Waals surface area contributed by atoms with Crippen LogP contribution in [0.1, 0.15) is 36.0 Å². The molecule has 2 aromatic rings. The monoisotopic (exact) mass is 433 g/mol. The average Bonchev–Trinajstić information content (AvgIpc) is 3.39. The van der Waals surface area contributed by atoms with Gasteiger partial charge in [0.1, 0.15) is 4.90 Å². The van der Waals surface area contributed by atoms with Gasteiger partial charge >= 0.3 is 0 Å². The summed E-state index contributed by atoms with van der Waals surface area (Å²) in [6.45, 7) is 0.696. The van der Waals surface area contributed by atoms with Gasteiger partial charge in [0.05, 0.1) is 5.02 Å². The van der Waals surface area contributed by atoms with Gasteiger partial charge in [-0.1, -0.05) is 11.6 Å².